The van der Waals surface area contributed by atoms with E-state index in [9.17, 15) is 4.79 Å². The van der Waals surface area contributed by atoms with Crippen molar-refractivity contribution in [1.82, 2.24) is 14.7 Å². The molecule has 7 nitrogen and oxygen atoms in total. The van der Waals surface area contributed by atoms with Gasteiger partial charge in [-0.25, -0.2) is 4.79 Å². The Kier molecular flexibility index (Phi) is 9.94. The Bertz CT molecular complexity index is 415. The number of likely N-dealkylation sites (N-methyl/N-ethyl adjacent to an activating group) is 1. The van der Waals surface area contributed by atoms with Gasteiger partial charge >= 0.3 is 6.09 Å². The molecule has 0 aromatic carbocycles. The molecule has 1 aliphatic rings. The summed E-state index contributed by atoms with van der Waals surface area (Å²) >= 11 is 0. The van der Waals surface area contributed by atoms with Crippen LogP contribution in [0, 0.1) is 0 Å². The van der Waals surface area contributed by atoms with Gasteiger partial charge in [-0.15, -0.1) is 24.0 Å². The van der Waals surface area contributed by atoms with Gasteiger partial charge in [0, 0.05) is 38.8 Å². The van der Waals surface area contributed by atoms with Crippen LogP contribution in [-0.2, 0) is 4.74 Å². The number of nitrogens with two attached hydrogens (primary N) is 1. The first-order chi connectivity index (χ1) is 10.6. The van der Waals surface area contributed by atoms with E-state index < -0.39 is 5.60 Å². The second kappa shape index (κ2) is 10.3. The summed E-state index contributed by atoms with van der Waals surface area (Å²) in [6.45, 7) is 14.1. The minimum atomic E-state index is -0.461. The van der Waals surface area contributed by atoms with Crippen molar-refractivity contribution < 1.29 is 9.53 Å². The molecule has 0 unspecified atom stereocenters. The zero-order chi connectivity index (χ0) is 17.6. The molecule has 0 aliphatic carbocycles. The van der Waals surface area contributed by atoms with Crippen LogP contribution in [-0.4, -0.2) is 84.7 Å². The highest BCUT2D eigenvalue weighted by atomic mass is 127. The van der Waals surface area contributed by atoms with E-state index in [1.54, 1.807) is 4.90 Å². The normalized spacial score (nSPS) is 16.4. The molecule has 1 heterocycles. The van der Waals surface area contributed by atoms with Crippen LogP contribution in [0.4, 0.5) is 4.79 Å². The molecule has 0 radical (unpaired) electrons. The Labute approximate surface area is 163 Å². The van der Waals surface area contributed by atoms with Gasteiger partial charge in [0.2, 0.25) is 0 Å². The van der Waals surface area contributed by atoms with E-state index in [1.165, 1.54) is 0 Å². The van der Waals surface area contributed by atoms with Crippen molar-refractivity contribution >= 4 is 36.0 Å². The fourth-order valence-corrected chi connectivity index (χ4v) is 2.13. The number of hydrogen-bond donors (Lipinski definition) is 1. The molecule has 0 spiro atoms. The zero-order valence-electron chi connectivity index (χ0n) is 15.9. The molecule has 0 saturated carbocycles. The predicted molar refractivity (Wildman–Crippen MR) is 109 cm³/mol. The quantitative estimate of drug-likeness (QED) is 0.398. The summed E-state index contributed by atoms with van der Waals surface area (Å²) in [4.78, 5) is 22.4. The van der Waals surface area contributed by atoms with E-state index in [-0.39, 0.29) is 30.1 Å². The van der Waals surface area contributed by atoms with Crippen molar-refractivity contribution in [2.24, 2.45) is 10.7 Å². The molecule has 142 valence electrons. The molecule has 0 atom stereocenters. The molecule has 0 aromatic heterocycles. The summed E-state index contributed by atoms with van der Waals surface area (Å²) in [7, 11) is 2.08. The van der Waals surface area contributed by atoms with Gasteiger partial charge in [0.25, 0.3) is 0 Å². The summed E-state index contributed by atoms with van der Waals surface area (Å²) in [5, 5.41) is 0. The average Bonchev–Trinajstić information content (AvgIpc) is 2.45. The van der Waals surface area contributed by atoms with E-state index in [0.717, 1.165) is 6.54 Å². The van der Waals surface area contributed by atoms with Crippen molar-refractivity contribution in [2.75, 3.05) is 46.3 Å². The minimum absolute atomic E-state index is 0. The zero-order valence-corrected chi connectivity index (χ0v) is 18.2. The van der Waals surface area contributed by atoms with E-state index in [2.05, 4.69) is 30.8 Å². The highest BCUT2D eigenvalue weighted by molar-refractivity contribution is 14.0. The maximum absolute atomic E-state index is 12.0. The molecular weight excluding hydrogens is 421 g/mol. The Morgan fingerprint density at radius 2 is 1.71 bits per heavy atom. The SMILES string of the molecule is CC(C)N(C)CCN=C(N)N1CCN(C(=O)OC(C)(C)C)CC1.I. The van der Waals surface area contributed by atoms with E-state index in [0.29, 0.717) is 44.7 Å². The van der Waals surface area contributed by atoms with Gasteiger partial charge in [-0.3, -0.25) is 4.99 Å². The maximum Gasteiger partial charge on any atom is 0.410 e. The van der Waals surface area contributed by atoms with Gasteiger partial charge in [-0.1, -0.05) is 0 Å². The Morgan fingerprint density at radius 3 is 2.17 bits per heavy atom. The molecule has 0 bridgehead atoms. The highest BCUT2D eigenvalue weighted by Gasteiger charge is 2.26. The van der Waals surface area contributed by atoms with E-state index in [1.807, 2.05) is 25.7 Å². The van der Waals surface area contributed by atoms with E-state index >= 15 is 0 Å². The molecule has 1 aliphatic heterocycles. The molecule has 1 fully saturated rings. The number of hydrogen-bond acceptors (Lipinski definition) is 4. The lowest BCUT2D eigenvalue weighted by atomic mass is 10.2. The number of rotatable bonds is 4. The fraction of sp³-hybridized carbons (Fsp3) is 0.875. The maximum atomic E-state index is 12.0. The number of halogens is 1. The summed E-state index contributed by atoms with van der Waals surface area (Å²) in [6, 6.07) is 0.504. The first kappa shape index (κ1) is 23.2. The van der Waals surface area contributed by atoms with Crippen LogP contribution >= 0.6 is 24.0 Å². The van der Waals surface area contributed by atoms with Crippen molar-refractivity contribution in [3.63, 3.8) is 0 Å². The van der Waals surface area contributed by atoms with Gasteiger partial charge in [0.05, 0.1) is 6.54 Å². The largest absolute Gasteiger partial charge is 0.444 e. The number of carbonyl (C=O) groups excluding carboxylic acids is 1. The second-order valence-corrected chi connectivity index (χ2v) is 7.27. The third-order valence-electron chi connectivity index (χ3n) is 3.86. The predicted octanol–water partition coefficient (Wildman–Crippen LogP) is 1.81. The lowest BCUT2D eigenvalue weighted by Gasteiger charge is -2.36. The van der Waals surface area contributed by atoms with E-state index in [4.69, 9.17) is 10.5 Å². The number of nitrogens with zero attached hydrogens (tertiary/aromatic N) is 4. The summed E-state index contributed by atoms with van der Waals surface area (Å²) in [6.07, 6.45) is -0.258. The van der Waals surface area contributed by atoms with Gasteiger partial charge in [0.15, 0.2) is 5.96 Å². The van der Waals surface area contributed by atoms with Gasteiger partial charge in [-0.2, -0.15) is 0 Å². The van der Waals surface area contributed by atoms with Crippen LogP contribution in [0.5, 0.6) is 0 Å². The average molecular weight is 455 g/mol. The van der Waals surface area contributed by atoms with Crippen LogP contribution in [0.15, 0.2) is 4.99 Å². The van der Waals surface area contributed by atoms with Crippen molar-refractivity contribution in [3.05, 3.63) is 0 Å². The molecular formula is C16H34IN5O2. The van der Waals surface area contributed by atoms with Crippen LogP contribution in [0.25, 0.3) is 0 Å². The number of aliphatic imine (C=N–C) groups is 1. The molecule has 0 aromatic rings. The van der Waals surface area contributed by atoms with Crippen molar-refractivity contribution in [3.8, 4) is 0 Å². The summed E-state index contributed by atoms with van der Waals surface area (Å²) in [5.74, 6) is 0.561. The smallest absolute Gasteiger partial charge is 0.410 e. The Hall–Kier alpha value is -0.770. The van der Waals surface area contributed by atoms with Crippen LogP contribution in [0.3, 0.4) is 0 Å². The number of ether oxygens (including phenoxy) is 1. The highest BCUT2D eigenvalue weighted by Crippen LogP contribution is 2.11. The van der Waals surface area contributed by atoms with Gasteiger partial charge in [-0.05, 0) is 41.7 Å². The monoisotopic (exact) mass is 455 g/mol. The first-order valence-corrected chi connectivity index (χ1v) is 8.33. The van der Waals surface area contributed by atoms with Crippen LogP contribution < -0.4 is 5.73 Å². The third kappa shape index (κ3) is 8.36. The summed E-state index contributed by atoms with van der Waals surface area (Å²) in [5.41, 5.74) is 5.60. The number of amides is 1. The number of guanidine groups is 1. The number of piperazine rings is 1. The molecule has 1 saturated heterocycles. The standard InChI is InChI=1S/C16H33N5O2.HI/c1-13(2)19(6)8-7-18-14(17)20-9-11-21(12-10-20)15(22)23-16(3,4)5;/h13H,7-12H2,1-6H3,(H2,17,18);1H. The molecule has 1 amide bonds. The number of carbonyl (C=O) groups is 1. The van der Waals surface area contributed by atoms with Gasteiger partial charge < -0.3 is 25.2 Å². The van der Waals surface area contributed by atoms with Crippen molar-refractivity contribution in [1.29, 1.82) is 0 Å². The second-order valence-electron chi connectivity index (χ2n) is 7.27. The molecule has 8 heteroatoms. The first-order valence-electron chi connectivity index (χ1n) is 8.33. The Balaban J connectivity index is 0.00000529. The van der Waals surface area contributed by atoms with Crippen molar-refractivity contribution in [2.45, 2.75) is 46.3 Å². The van der Waals surface area contributed by atoms with Gasteiger partial charge in [0.1, 0.15) is 5.60 Å². The van der Waals surface area contributed by atoms with Crippen LogP contribution in [0.2, 0.25) is 0 Å². The molecule has 2 N–H and O–H groups in total. The molecule has 1 rings (SSSR count). The summed E-state index contributed by atoms with van der Waals surface area (Å²) < 4.78 is 5.39. The fourth-order valence-electron chi connectivity index (χ4n) is 2.13. The lowest BCUT2D eigenvalue weighted by molar-refractivity contribution is 0.0186. The Morgan fingerprint density at radius 1 is 1.21 bits per heavy atom. The van der Waals surface area contributed by atoms with Crippen LogP contribution in [0.1, 0.15) is 34.6 Å². The lowest BCUT2D eigenvalue weighted by Crippen LogP contribution is -2.53. The topological polar surface area (TPSA) is 74.4 Å². The third-order valence-corrected chi connectivity index (χ3v) is 3.86. The molecule has 24 heavy (non-hydrogen) atoms. The minimum Gasteiger partial charge on any atom is -0.444 e.